The Morgan fingerprint density at radius 1 is 1.24 bits per heavy atom. The number of nitrogens with zero attached hydrogens (tertiary/aromatic N) is 1. The van der Waals surface area contributed by atoms with Gasteiger partial charge in [-0.1, -0.05) is 30.3 Å². The minimum Gasteiger partial charge on any atom is -0.340 e. The van der Waals surface area contributed by atoms with Crippen LogP contribution in [0.3, 0.4) is 0 Å². The third kappa shape index (κ3) is 4.55. The third-order valence-corrected chi connectivity index (χ3v) is 3.98. The summed E-state index contributed by atoms with van der Waals surface area (Å²) in [6.45, 7) is 3.40. The lowest BCUT2D eigenvalue weighted by atomic mass is 10.1. The Balaban J connectivity index is 0.00000220. The summed E-state index contributed by atoms with van der Waals surface area (Å²) in [6, 6.07) is 9.36. The lowest BCUT2D eigenvalue weighted by Gasteiger charge is -2.21. The quantitative estimate of drug-likeness (QED) is 0.849. The fraction of sp³-hybridized carbons (Fsp3) is 0.500. The maximum Gasteiger partial charge on any atom is 0.223 e. The summed E-state index contributed by atoms with van der Waals surface area (Å²) in [4.78, 5) is 26.0. The molecule has 0 aliphatic carbocycles. The van der Waals surface area contributed by atoms with Crippen LogP contribution in [0, 0.1) is 5.92 Å². The Labute approximate surface area is 132 Å². The molecule has 1 aliphatic heterocycles. The zero-order valence-electron chi connectivity index (χ0n) is 12.3. The molecule has 1 fully saturated rings. The van der Waals surface area contributed by atoms with Crippen molar-refractivity contribution in [2.24, 2.45) is 11.7 Å². The second-order valence-corrected chi connectivity index (χ2v) is 5.52. The van der Waals surface area contributed by atoms with Gasteiger partial charge < -0.3 is 10.6 Å². The number of nitrogens with two attached hydrogens (primary N) is 1. The minimum absolute atomic E-state index is 0. The highest BCUT2D eigenvalue weighted by Crippen LogP contribution is 2.23. The average Bonchev–Trinajstić information content (AvgIpc) is 2.86. The standard InChI is InChI=1S/C16H22N2O2.ClH/c1-12-9-13(10-17)11-18(12)16(20)8-7-15(19)14-5-3-2-4-6-14;/h2-6,12-13H,7-11,17H2,1H3;1H. The lowest BCUT2D eigenvalue weighted by molar-refractivity contribution is -0.131. The van der Waals surface area contributed by atoms with Crippen molar-refractivity contribution in [1.82, 2.24) is 4.90 Å². The molecule has 1 aromatic rings. The topological polar surface area (TPSA) is 63.4 Å². The largest absolute Gasteiger partial charge is 0.340 e. The van der Waals surface area contributed by atoms with Gasteiger partial charge in [-0.2, -0.15) is 0 Å². The first-order chi connectivity index (χ1) is 9.61. The molecule has 21 heavy (non-hydrogen) atoms. The molecule has 2 N–H and O–H groups in total. The van der Waals surface area contributed by atoms with E-state index in [4.69, 9.17) is 5.73 Å². The molecule has 0 spiro atoms. The molecule has 1 heterocycles. The Morgan fingerprint density at radius 2 is 1.90 bits per heavy atom. The molecule has 5 heteroatoms. The zero-order chi connectivity index (χ0) is 14.5. The number of carbonyl (C=O) groups excluding carboxylic acids is 2. The summed E-state index contributed by atoms with van der Waals surface area (Å²) in [5, 5.41) is 0. The first kappa shape index (κ1) is 17.7. The number of halogens is 1. The Kier molecular flexibility index (Phi) is 6.85. The van der Waals surface area contributed by atoms with Gasteiger partial charge in [-0.25, -0.2) is 0 Å². The van der Waals surface area contributed by atoms with Crippen LogP contribution in [0.1, 0.15) is 36.5 Å². The van der Waals surface area contributed by atoms with Gasteiger partial charge in [-0.15, -0.1) is 12.4 Å². The van der Waals surface area contributed by atoms with Gasteiger partial charge in [0.05, 0.1) is 0 Å². The summed E-state index contributed by atoms with van der Waals surface area (Å²) < 4.78 is 0. The van der Waals surface area contributed by atoms with Crippen molar-refractivity contribution in [3.8, 4) is 0 Å². The van der Waals surface area contributed by atoms with Crippen LogP contribution in [-0.4, -0.2) is 35.7 Å². The van der Waals surface area contributed by atoms with E-state index in [1.165, 1.54) is 0 Å². The van der Waals surface area contributed by atoms with Crippen LogP contribution in [0.15, 0.2) is 30.3 Å². The fourth-order valence-electron chi connectivity index (χ4n) is 2.79. The molecule has 116 valence electrons. The van der Waals surface area contributed by atoms with Gasteiger partial charge in [0.15, 0.2) is 5.78 Å². The highest BCUT2D eigenvalue weighted by Gasteiger charge is 2.31. The lowest BCUT2D eigenvalue weighted by Crippen LogP contribution is -2.34. The van der Waals surface area contributed by atoms with Gasteiger partial charge >= 0.3 is 0 Å². The number of hydrogen-bond acceptors (Lipinski definition) is 3. The molecule has 1 aromatic carbocycles. The van der Waals surface area contributed by atoms with Gasteiger partial charge in [0.25, 0.3) is 0 Å². The van der Waals surface area contributed by atoms with E-state index >= 15 is 0 Å². The first-order valence-corrected chi connectivity index (χ1v) is 7.19. The number of carbonyl (C=O) groups is 2. The number of Topliss-reactive ketones (excluding diaryl/α,β-unsaturated/α-hetero) is 1. The molecule has 0 aromatic heterocycles. The minimum atomic E-state index is 0. The molecular weight excluding hydrogens is 288 g/mol. The van der Waals surface area contributed by atoms with Crippen molar-refractivity contribution >= 4 is 24.1 Å². The van der Waals surface area contributed by atoms with Crippen molar-refractivity contribution in [1.29, 1.82) is 0 Å². The second-order valence-electron chi connectivity index (χ2n) is 5.52. The molecular formula is C16H23ClN2O2. The van der Waals surface area contributed by atoms with Crippen molar-refractivity contribution < 1.29 is 9.59 Å². The Bertz CT molecular complexity index is 478. The van der Waals surface area contributed by atoms with E-state index in [2.05, 4.69) is 0 Å². The van der Waals surface area contributed by atoms with E-state index < -0.39 is 0 Å². The van der Waals surface area contributed by atoms with Gasteiger partial charge in [-0.3, -0.25) is 9.59 Å². The van der Waals surface area contributed by atoms with Gasteiger partial charge in [0, 0.05) is 31.0 Å². The smallest absolute Gasteiger partial charge is 0.223 e. The second kappa shape index (κ2) is 8.15. The van der Waals surface area contributed by atoms with Crippen LogP contribution in [0.25, 0.3) is 0 Å². The number of amides is 1. The number of ketones is 1. The third-order valence-electron chi connectivity index (χ3n) is 3.98. The van der Waals surface area contributed by atoms with Crippen LogP contribution in [-0.2, 0) is 4.79 Å². The monoisotopic (exact) mass is 310 g/mol. The maximum absolute atomic E-state index is 12.2. The molecule has 1 saturated heterocycles. The summed E-state index contributed by atoms with van der Waals surface area (Å²) >= 11 is 0. The van der Waals surface area contributed by atoms with Crippen LogP contribution in [0.2, 0.25) is 0 Å². The number of likely N-dealkylation sites (tertiary alicyclic amines) is 1. The van der Waals surface area contributed by atoms with E-state index in [1.807, 2.05) is 30.0 Å². The molecule has 2 unspecified atom stereocenters. The number of rotatable bonds is 5. The van der Waals surface area contributed by atoms with Gasteiger partial charge in [-0.05, 0) is 25.8 Å². The normalized spacial score (nSPS) is 21.0. The van der Waals surface area contributed by atoms with Crippen molar-refractivity contribution in [2.45, 2.75) is 32.2 Å². The Morgan fingerprint density at radius 3 is 2.48 bits per heavy atom. The van der Waals surface area contributed by atoms with Gasteiger partial charge in [0.1, 0.15) is 0 Å². The van der Waals surface area contributed by atoms with E-state index in [9.17, 15) is 9.59 Å². The van der Waals surface area contributed by atoms with E-state index in [0.717, 1.165) is 13.0 Å². The first-order valence-electron chi connectivity index (χ1n) is 7.19. The summed E-state index contributed by atoms with van der Waals surface area (Å²) in [7, 11) is 0. The summed E-state index contributed by atoms with van der Waals surface area (Å²) in [6.07, 6.45) is 1.53. The molecule has 0 saturated carbocycles. The highest BCUT2D eigenvalue weighted by molar-refractivity contribution is 5.97. The summed E-state index contributed by atoms with van der Waals surface area (Å²) in [5.74, 6) is 0.498. The predicted octanol–water partition coefficient (Wildman–Crippen LogP) is 2.27. The van der Waals surface area contributed by atoms with Crippen LogP contribution in [0.4, 0.5) is 0 Å². The van der Waals surface area contributed by atoms with Crippen molar-refractivity contribution in [3.63, 3.8) is 0 Å². The molecule has 2 atom stereocenters. The molecule has 4 nitrogen and oxygen atoms in total. The number of benzene rings is 1. The predicted molar refractivity (Wildman–Crippen MR) is 85.6 cm³/mol. The average molecular weight is 311 g/mol. The van der Waals surface area contributed by atoms with E-state index in [-0.39, 0.29) is 43.0 Å². The molecule has 0 radical (unpaired) electrons. The SMILES string of the molecule is CC1CC(CN)CN1C(=O)CCC(=O)c1ccccc1.Cl. The van der Waals surface area contributed by atoms with Crippen LogP contribution in [0.5, 0.6) is 0 Å². The molecule has 0 bridgehead atoms. The fourth-order valence-corrected chi connectivity index (χ4v) is 2.79. The van der Waals surface area contributed by atoms with Crippen molar-refractivity contribution in [2.75, 3.05) is 13.1 Å². The summed E-state index contributed by atoms with van der Waals surface area (Å²) in [5.41, 5.74) is 6.34. The van der Waals surface area contributed by atoms with E-state index in [1.54, 1.807) is 12.1 Å². The maximum atomic E-state index is 12.2. The molecule has 2 rings (SSSR count). The Hall–Kier alpha value is -1.39. The molecule has 1 amide bonds. The van der Waals surface area contributed by atoms with Crippen LogP contribution >= 0.6 is 12.4 Å². The zero-order valence-corrected chi connectivity index (χ0v) is 13.1. The molecule has 1 aliphatic rings. The van der Waals surface area contributed by atoms with Gasteiger partial charge in [0.2, 0.25) is 5.91 Å². The van der Waals surface area contributed by atoms with E-state index in [0.29, 0.717) is 18.0 Å². The van der Waals surface area contributed by atoms with Crippen LogP contribution < -0.4 is 5.73 Å². The highest BCUT2D eigenvalue weighted by atomic mass is 35.5. The van der Waals surface area contributed by atoms with Crippen molar-refractivity contribution in [3.05, 3.63) is 35.9 Å². The number of hydrogen-bond donors (Lipinski definition) is 1.